The minimum absolute atomic E-state index is 0.120. The van der Waals surface area contributed by atoms with Gasteiger partial charge in [-0.15, -0.1) is 0 Å². The highest BCUT2D eigenvalue weighted by Crippen LogP contribution is 2.66. The summed E-state index contributed by atoms with van der Waals surface area (Å²) in [7, 11) is 0. The first-order valence-corrected chi connectivity index (χ1v) is 27.5. The quantitative estimate of drug-likeness (QED) is 0.142. The molecule has 0 N–H and O–H groups in total. The number of hydrogen-bond donors (Lipinski definition) is 0. The number of nitrogens with zero attached hydrogens (tertiary/aromatic N) is 2. The lowest BCUT2D eigenvalue weighted by atomic mass is 9.60. The molecule has 10 aromatic carbocycles. The van der Waals surface area contributed by atoms with Crippen molar-refractivity contribution in [2.24, 2.45) is 11.8 Å². The van der Waals surface area contributed by atoms with E-state index in [9.17, 15) is 0 Å². The molecule has 4 aliphatic rings. The number of rotatable bonds is 9. The van der Waals surface area contributed by atoms with E-state index in [1.54, 1.807) is 11.1 Å². The van der Waals surface area contributed by atoms with Gasteiger partial charge in [-0.25, -0.2) is 0 Å². The molecule has 75 heavy (non-hydrogen) atoms. The van der Waals surface area contributed by atoms with Crippen molar-refractivity contribution in [3.05, 3.63) is 276 Å². The average Bonchev–Trinajstić information content (AvgIpc) is 4.22. The molecule has 0 aliphatic heterocycles. The van der Waals surface area contributed by atoms with Crippen molar-refractivity contribution >= 4 is 34.1 Å². The molecule has 10 aromatic rings. The smallest absolute Gasteiger partial charge is 0.0505 e. The summed E-state index contributed by atoms with van der Waals surface area (Å²) in [6.07, 6.45) is 8.46. The second-order valence-corrected chi connectivity index (χ2v) is 22.2. The maximum atomic E-state index is 2.64. The zero-order valence-electron chi connectivity index (χ0n) is 43.1. The van der Waals surface area contributed by atoms with Gasteiger partial charge in [0.2, 0.25) is 0 Å². The van der Waals surface area contributed by atoms with E-state index < -0.39 is 0 Å². The Morgan fingerprint density at radius 1 is 0.347 bits per heavy atom. The molecular weight excluding hydrogens is 905 g/mol. The van der Waals surface area contributed by atoms with Crippen LogP contribution in [0.4, 0.5) is 34.1 Å². The monoisotopic (exact) mass is 966 g/mol. The lowest BCUT2D eigenvalue weighted by Crippen LogP contribution is -2.40. The number of anilines is 6. The van der Waals surface area contributed by atoms with E-state index in [1.165, 1.54) is 133 Å². The lowest BCUT2D eigenvalue weighted by molar-refractivity contribution is 0.205. The van der Waals surface area contributed by atoms with Crippen LogP contribution in [0.25, 0.3) is 44.5 Å². The van der Waals surface area contributed by atoms with Gasteiger partial charge in [-0.05, 0) is 176 Å². The van der Waals surface area contributed by atoms with Crippen molar-refractivity contribution in [3.63, 3.8) is 0 Å². The molecule has 0 amide bonds. The molecule has 364 valence electrons. The van der Waals surface area contributed by atoms with Crippen LogP contribution in [0.2, 0.25) is 0 Å². The fourth-order valence-corrected chi connectivity index (χ4v) is 14.8. The number of benzene rings is 10. The van der Waals surface area contributed by atoms with Crippen LogP contribution < -0.4 is 9.80 Å². The molecule has 2 heteroatoms. The summed E-state index contributed by atoms with van der Waals surface area (Å²) in [4.78, 5) is 5.24. The molecule has 0 radical (unpaired) electrons. The highest BCUT2D eigenvalue weighted by Gasteiger charge is 2.59. The van der Waals surface area contributed by atoms with Gasteiger partial charge in [-0.2, -0.15) is 0 Å². The van der Waals surface area contributed by atoms with Crippen molar-refractivity contribution in [1.29, 1.82) is 0 Å². The Balaban J connectivity index is 0.970. The van der Waals surface area contributed by atoms with Gasteiger partial charge in [0.05, 0.1) is 11.4 Å². The second kappa shape index (κ2) is 18.3. The molecule has 2 nitrogen and oxygen atoms in total. The molecule has 1 fully saturated rings. The molecule has 1 spiro atoms. The van der Waals surface area contributed by atoms with Crippen molar-refractivity contribution in [2.45, 2.75) is 69.6 Å². The second-order valence-electron chi connectivity index (χ2n) is 22.2. The van der Waals surface area contributed by atoms with Gasteiger partial charge < -0.3 is 9.80 Å². The van der Waals surface area contributed by atoms with E-state index in [4.69, 9.17) is 0 Å². The molecule has 3 unspecified atom stereocenters. The van der Waals surface area contributed by atoms with E-state index in [2.05, 4.69) is 266 Å². The van der Waals surface area contributed by atoms with Crippen molar-refractivity contribution in [1.82, 2.24) is 0 Å². The van der Waals surface area contributed by atoms with Gasteiger partial charge >= 0.3 is 0 Å². The molecule has 0 heterocycles. The number of hydrogen-bond acceptors (Lipinski definition) is 2. The van der Waals surface area contributed by atoms with Crippen LogP contribution in [0.5, 0.6) is 0 Å². The molecular formula is C73H62N2. The topological polar surface area (TPSA) is 6.48 Å². The van der Waals surface area contributed by atoms with Crippen LogP contribution in [0, 0.1) is 11.8 Å². The third-order valence-corrected chi connectivity index (χ3v) is 17.9. The Labute approximate surface area is 443 Å². The van der Waals surface area contributed by atoms with Crippen LogP contribution in [-0.2, 0) is 23.7 Å². The van der Waals surface area contributed by atoms with Gasteiger partial charge in [-0.1, -0.05) is 215 Å². The van der Waals surface area contributed by atoms with Crippen LogP contribution in [0.3, 0.4) is 0 Å². The molecule has 1 saturated carbocycles. The lowest BCUT2D eigenvalue weighted by Gasteiger charge is -2.45. The molecule has 14 rings (SSSR count). The fraction of sp³-hybridized carbons (Fsp3) is 0.178. The van der Waals surface area contributed by atoms with E-state index in [0.29, 0.717) is 11.8 Å². The first-order chi connectivity index (χ1) is 37.0. The Hall–Kier alpha value is -8.20. The van der Waals surface area contributed by atoms with Crippen molar-refractivity contribution < 1.29 is 0 Å². The first kappa shape index (κ1) is 45.4. The van der Waals surface area contributed by atoms with E-state index in [-0.39, 0.29) is 10.8 Å². The molecule has 4 aliphatic carbocycles. The standard InChI is InChI=1S/C73H62N2/c1-72(2)65-38-19-18-35-63(65)64-46-45-60(49-66(64)72)75(58-33-16-7-17-34-58)68-40-21-28-54-48-56-30-13-5-12-29-55-47-53-27-20-39-67(70(53)73(55,56)71(54)68)74(57-31-14-6-15-32-57)59-43-41-52(42-44-59)69-61(50-23-8-3-9-24-50)36-22-37-62(69)51-25-10-4-11-26-51/h3-4,6-11,14-28,31-46,49,55-56H,5,12-13,29-30,47-48H2,1-2H3. The summed E-state index contributed by atoms with van der Waals surface area (Å²) in [5.41, 5.74) is 26.1. The normalized spacial score (nSPS) is 18.6. The van der Waals surface area contributed by atoms with E-state index in [1.807, 2.05) is 0 Å². The SMILES string of the molecule is CC1(C)c2ccccc2-c2ccc(N(c3ccccc3)c3cccc4c3C35c6c(cccc6N(c6ccccc6)c6ccc(-c7c(-c8ccccc8)cccc7-c7ccccc7)cc6)CC3CCCCCC5C4)cc21. The van der Waals surface area contributed by atoms with Crippen LogP contribution >= 0.6 is 0 Å². The zero-order valence-corrected chi connectivity index (χ0v) is 43.1. The largest absolute Gasteiger partial charge is 0.310 e. The summed E-state index contributed by atoms with van der Waals surface area (Å²) in [5, 5.41) is 0. The average molecular weight is 967 g/mol. The zero-order chi connectivity index (χ0) is 50.1. The predicted molar refractivity (Wildman–Crippen MR) is 314 cm³/mol. The highest BCUT2D eigenvalue weighted by atomic mass is 15.2. The summed E-state index contributed by atoms with van der Waals surface area (Å²) >= 11 is 0. The van der Waals surface area contributed by atoms with Gasteiger partial charge in [0.25, 0.3) is 0 Å². The fourth-order valence-electron chi connectivity index (χ4n) is 14.8. The number of fused-ring (bicyclic) bond motifs is 5. The predicted octanol–water partition coefficient (Wildman–Crippen LogP) is 19.5. The minimum atomic E-state index is -0.205. The van der Waals surface area contributed by atoms with E-state index in [0.717, 1.165) is 12.8 Å². The Morgan fingerprint density at radius 2 is 0.787 bits per heavy atom. The van der Waals surface area contributed by atoms with Crippen LogP contribution in [-0.4, -0.2) is 0 Å². The molecule has 0 aromatic heterocycles. The third-order valence-electron chi connectivity index (χ3n) is 17.9. The molecule has 3 atom stereocenters. The number of para-hydroxylation sites is 2. The summed E-state index contributed by atoms with van der Waals surface area (Å²) in [5.74, 6) is 0.941. The minimum Gasteiger partial charge on any atom is -0.310 e. The highest BCUT2D eigenvalue weighted by molar-refractivity contribution is 5.96. The Morgan fingerprint density at radius 3 is 1.35 bits per heavy atom. The molecule has 0 bridgehead atoms. The van der Waals surface area contributed by atoms with Crippen molar-refractivity contribution in [3.8, 4) is 44.5 Å². The summed E-state index contributed by atoms with van der Waals surface area (Å²) < 4.78 is 0. The van der Waals surface area contributed by atoms with Crippen LogP contribution in [0.1, 0.15) is 79.3 Å². The Bertz CT molecular complexity index is 3660. The van der Waals surface area contributed by atoms with Gasteiger partial charge in [0.15, 0.2) is 0 Å². The van der Waals surface area contributed by atoms with Crippen molar-refractivity contribution in [2.75, 3.05) is 9.80 Å². The van der Waals surface area contributed by atoms with Crippen LogP contribution in [0.15, 0.2) is 243 Å². The Kier molecular flexibility index (Phi) is 11.1. The maximum absolute atomic E-state index is 2.64. The molecule has 0 saturated heterocycles. The summed E-state index contributed by atoms with van der Waals surface area (Å²) in [6.45, 7) is 4.82. The first-order valence-electron chi connectivity index (χ1n) is 27.5. The van der Waals surface area contributed by atoms with Gasteiger partial charge in [-0.3, -0.25) is 0 Å². The third kappa shape index (κ3) is 7.28. The maximum Gasteiger partial charge on any atom is 0.0505 e. The summed E-state index contributed by atoms with van der Waals surface area (Å²) in [6, 6.07) is 91.5. The van der Waals surface area contributed by atoms with Gasteiger partial charge in [0, 0.05) is 33.6 Å². The van der Waals surface area contributed by atoms with Gasteiger partial charge in [0.1, 0.15) is 0 Å². The van der Waals surface area contributed by atoms with E-state index >= 15 is 0 Å².